The largest absolute Gasteiger partial charge is 0.493 e. The first kappa shape index (κ1) is 16.3. The van der Waals surface area contributed by atoms with Gasteiger partial charge in [-0.3, -0.25) is 4.79 Å². The maximum Gasteiger partial charge on any atom is 0.260 e. The molecule has 0 unspecified atom stereocenters. The van der Waals surface area contributed by atoms with Crippen LogP contribution < -0.4 is 9.47 Å². The predicted molar refractivity (Wildman–Crippen MR) is 77.0 cm³/mol. The van der Waals surface area contributed by atoms with Crippen LogP contribution in [0.2, 0.25) is 0 Å². The summed E-state index contributed by atoms with van der Waals surface area (Å²) in [6.45, 7) is 5.93. The van der Waals surface area contributed by atoms with Crippen LogP contribution in [0.1, 0.15) is 20.8 Å². The van der Waals surface area contributed by atoms with Gasteiger partial charge in [0, 0.05) is 13.1 Å². The second kappa shape index (κ2) is 7.14. The fraction of sp³-hybridized carbons (Fsp3) is 0.533. The van der Waals surface area contributed by atoms with Crippen LogP contribution in [0.15, 0.2) is 24.3 Å². The van der Waals surface area contributed by atoms with Crippen molar-refractivity contribution in [2.75, 3.05) is 26.8 Å². The van der Waals surface area contributed by atoms with E-state index in [0.717, 1.165) is 0 Å². The maximum atomic E-state index is 12.1. The molecule has 1 amide bonds. The predicted octanol–water partition coefficient (Wildman–Crippen LogP) is 1.69. The van der Waals surface area contributed by atoms with Gasteiger partial charge in [0.1, 0.15) is 0 Å². The Labute approximate surface area is 120 Å². The number of benzene rings is 1. The smallest absolute Gasteiger partial charge is 0.260 e. The molecule has 1 aromatic rings. The van der Waals surface area contributed by atoms with E-state index in [4.69, 9.17) is 9.47 Å². The molecule has 0 aromatic heterocycles. The van der Waals surface area contributed by atoms with Crippen LogP contribution in [0.4, 0.5) is 0 Å². The SMILES string of the molecule is CCN(CC(C)(C)O)C(=O)COc1ccccc1OC. The highest BCUT2D eigenvalue weighted by Gasteiger charge is 2.21. The highest BCUT2D eigenvalue weighted by atomic mass is 16.5. The van der Waals surface area contributed by atoms with Crippen molar-refractivity contribution in [2.45, 2.75) is 26.4 Å². The van der Waals surface area contributed by atoms with Crippen molar-refractivity contribution < 1.29 is 19.4 Å². The van der Waals surface area contributed by atoms with E-state index < -0.39 is 5.60 Å². The summed E-state index contributed by atoms with van der Waals surface area (Å²) < 4.78 is 10.6. The van der Waals surface area contributed by atoms with Crippen molar-refractivity contribution in [3.8, 4) is 11.5 Å². The molecule has 0 heterocycles. The number of aliphatic hydroxyl groups is 1. The van der Waals surface area contributed by atoms with Gasteiger partial charge in [0.25, 0.3) is 5.91 Å². The van der Waals surface area contributed by atoms with E-state index in [1.165, 1.54) is 0 Å². The Morgan fingerprint density at radius 1 is 1.30 bits per heavy atom. The average Bonchev–Trinajstić information content (AvgIpc) is 2.41. The highest BCUT2D eigenvalue weighted by molar-refractivity contribution is 5.77. The summed E-state index contributed by atoms with van der Waals surface area (Å²) in [7, 11) is 1.55. The lowest BCUT2D eigenvalue weighted by atomic mass is 10.1. The van der Waals surface area contributed by atoms with E-state index in [1.54, 1.807) is 38.0 Å². The maximum absolute atomic E-state index is 12.1. The molecule has 0 radical (unpaired) electrons. The summed E-state index contributed by atoms with van der Waals surface area (Å²) in [5, 5.41) is 9.78. The van der Waals surface area contributed by atoms with E-state index in [9.17, 15) is 9.90 Å². The first-order valence-electron chi connectivity index (χ1n) is 6.63. The van der Waals surface area contributed by atoms with Gasteiger partial charge >= 0.3 is 0 Å². The monoisotopic (exact) mass is 281 g/mol. The zero-order valence-corrected chi connectivity index (χ0v) is 12.5. The topological polar surface area (TPSA) is 59.0 Å². The van der Waals surface area contributed by atoms with Crippen molar-refractivity contribution in [3.05, 3.63) is 24.3 Å². The fourth-order valence-corrected chi connectivity index (χ4v) is 1.81. The minimum absolute atomic E-state index is 0.0791. The minimum Gasteiger partial charge on any atom is -0.493 e. The summed E-state index contributed by atoms with van der Waals surface area (Å²) in [6, 6.07) is 7.17. The minimum atomic E-state index is -0.921. The summed E-state index contributed by atoms with van der Waals surface area (Å²) in [6.07, 6.45) is 0. The molecule has 0 fully saturated rings. The lowest BCUT2D eigenvalue weighted by Crippen LogP contribution is -2.44. The third-order valence-electron chi connectivity index (χ3n) is 2.73. The van der Waals surface area contributed by atoms with Gasteiger partial charge in [0.05, 0.1) is 12.7 Å². The Kier molecular flexibility index (Phi) is 5.82. The number of carbonyl (C=O) groups is 1. The normalized spacial score (nSPS) is 11.1. The first-order valence-corrected chi connectivity index (χ1v) is 6.63. The molecule has 112 valence electrons. The number of hydrogen-bond donors (Lipinski definition) is 1. The molecule has 1 N–H and O–H groups in total. The second-order valence-electron chi connectivity index (χ2n) is 5.16. The van der Waals surface area contributed by atoms with Crippen LogP contribution in [0.25, 0.3) is 0 Å². The molecule has 0 aliphatic rings. The number of ether oxygens (including phenoxy) is 2. The lowest BCUT2D eigenvalue weighted by molar-refractivity contribution is -0.136. The average molecular weight is 281 g/mol. The molecule has 5 heteroatoms. The summed E-state index contributed by atoms with van der Waals surface area (Å²) in [5.74, 6) is 0.953. The Bertz CT molecular complexity index is 440. The number of nitrogens with zero attached hydrogens (tertiary/aromatic N) is 1. The number of para-hydroxylation sites is 2. The number of methoxy groups -OCH3 is 1. The standard InChI is InChI=1S/C15H23NO4/c1-5-16(11-15(2,3)18)14(17)10-20-13-9-7-6-8-12(13)19-4/h6-9,18H,5,10-11H2,1-4H3. The van der Waals surface area contributed by atoms with Gasteiger partial charge in [-0.15, -0.1) is 0 Å². The van der Waals surface area contributed by atoms with E-state index in [1.807, 2.05) is 19.1 Å². The van der Waals surface area contributed by atoms with Gasteiger partial charge in [-0.25, -0.2) is 0 Å². The van der Waals surface area contributed by atoms with E-state index in [0.29, 0.717) is 18.0 Å². The van der Waals surface area contributed by atoms with Gasteiger partial charge in [0.2, 0.25) is 0 Å². The second-order valence-corrected chi connectivity index (χ2v) is 5.16. The molecule has 0 spiro atoms. The number of carbonyl (C=O) groups excluding carboxylic acids is 1. The van der Waals surface area contributed by atoms with Crippen molar-refractivity contribution in [1.82, 2.24) is 4.90 Å². The summed E-state index contributed by atoms with van der Waals surface area (Å²) in [5.41, 5.74) is -0.921. The van der Waals surface area contributed by atoms with Crippen LogP contribution in [0, 0.1) is 0 Å². The van der Waals surface area contributed by atoms with Gasteiger partial charge < -0.3 is 19.5 Å². The van der Waals surface area contributed by atoms with Gasteiger partial charge in [0.15, 0.2) is 18.1 Å². The molecule has 5 nitrogen and oxygen atoms in total. The molecular formula is C15H23NO4. The fourth-order valence-electron chi connectivity index (χ4n) is 1.81. The zero-order valence-electron chi connectivity index (χ0n) is 12.5. The van der Waals surface area contributed by atoms with Gasteiger partial charge in [-0.1, -0.05) is 12.1 Å². The van der Waals surface area contributed by atoms with Gasteiger partial charge in [-0.05, 0) is 32.9 Å². The van der Waals surface area contributed by atoms with Crippen LogP contribution in [0.5, 0.6) is 11.5 Å². The molecule has 20 heavy (non-hydrogen) atoms. The van der Waals surface area contributed by atoms with E-state index in [-0.39, 0.29) is 19.1 Å². The lowest BCUT2D eigenvalue weighted by Gasteiger charge is -2.28. The molecule has 0 atom stereocenters. The molecule has 0 aliphatic heterocycles. The van der Waals surface area contributed by atoms with Crippen molar-refractivity contribution in [3.63, 3.8) is 0 Å². The molecule has 1 rings (SSSR count). The van der Waals surface area contributed by atoms with Crippen LogP contribution in [-0.4, -0.2) is 48.3 Å². The van der Waals surface area contributed by atoms with Crippen LogP contribution in [0.3, 0.4) is 0 Å². The Morgan fingerprint density at radius 2 is 1.90 bits per heavy atom. The van der Waals surface area contributed by atoms with E-state index >= 15 is 0 Å². The summed E-state index contributed by atoms with van der Waals surface area (Å²) in [4.78, 5) is 13.6. The zero-order chi connectivity index (χ0) is 15.2. The van der Waals surface area contributed by atoms with Gasteiger partial charge in [-0.2, -0.15) is 0 Å². The first-order chi connectivity index (χ1) is 9.37. The van der Waals surface area contributed by atoms with Crippen LogP contribution >= 0.6 is 0 Å². The molecule has 0 bridgehead atoms. The Morgan fingerprint density at radius 3 is 2.40 bits per heavy atom. The quantitative estimate of drug-likeness (QED) is 0.826. The number of hydrogen-bond acceptors (Lipinski definition) is 4. The molecule has 0 saturated carbocycles. The third-order valence-corrected chi connectivity index (χ3v) is 2.73. The van der Waals surface area contributed by atoms with E-state index in [2.05, 4.69) is 0 Å². The molecule has 1 aromatic carbocycles. The Balaban J connectivity index is 2.61. The van der Waals surface area contributed by atoms with Crippen LogP contribution in [-0.2, 0) is 4.79 Å². The molecule has 0 aliphatic carbocycles. The Hall–Kier alpha value is -1.75. The molecule has 0 saturated heterocycles. The van der Waals surface area contributed by atoms with Crippen molar-refractivity contribution in [2.24, 2.45) is 0 Å². The van der Waals surface area contributed by atoms with Crippen molar-refractivity contribution >= 4 is 5.91 Å². The third kappa shape index (κ3) is 5.09. The van der Waals surface area contributed by atoms with Crippen molar-refractivity contribution in [1.29, 1.82) is 0 Å². The summed E-state index contributed by atoms with van der Waals surface area (Å²) >= 11 is 0. The number of rotatable bonds is 7. The highest BCUT2D eigenvalue weighted by Crippen LogP contribution is 2.25. The molecular weight excluding hydrogens is 258 g/mol. The number of amides is 1. The number of likely N-dealkylation sites (N-methyl/N-ethyl adjacent to an activating group) is 1.